The first kappa shape index (κ1) is 16.2. The molecule has 24 heavy (non-hydrogen) atoms. The van der Waals surface area contributed by atoms with Crippen molar-refractivity contribution in [3.63, 3.8) is 0 Å². The van der Waals surface area contributed by atoms with Gasteiger partial charge in [-0.3, -0.25) is 5.10 Å². The van der Waals surface area contributed by atoms with Crippen molar-refractivity contribution in [2.24, 2.45) is 0 Å². The summed E-state index contributed by atoms with van der Waals surface area (Å²) >= 11 is 12.3. The Morgan fingerprint density at radius 3 is 2.75 bits per heavy atom. The smallest absolute Gasteiger partial charge is 0.235 e. The Morgan fingerprint density at radius 2 is 2.04 bits per heavy atom. The number of nitrogens with zero attached hydrogens (tertiary/aromatic N) is 4. The number of hydrogen-bond acceptors (Lipinski definition) is 5. The van der Waals surface area contributed by atoms with Crippen molar-refractivity contribution in [2.75, 3.05) is 0 Å². The van der Waals surface area contributed by atoms with E-state index >= 15 is 0 Å². The molecule has 2 heterocycles. The Bertz CT molecular complexity index is 981. The molecule has 0 fully saturated rings. The highest BCUT2D eigenvalue weighted by Crippen LogP contribution is 2.36. The molecule has 1 N–H and O–H groups in total. The van der Waals surface area contributed by atoms with Crippen LogP contribution in [0.1, 0.15) is 16.8 Å². The number of nitriles is 1. The lowest BCUT2D eigenvalue weighted by Crippen LogP contribution is -1.95. The number of benzene rings is 1. The van der Waals surface area contributed by atoms with Gasteiger partial charge < -0.3 is 4.74 Å². The Hall–Kier alpha value is -2.62. The van der Waals surface area contributed by atoms with Gasteiger partial charge in [0.15, 0.2) is 11.4 Å². The van der Waals surface area contributed by atoms with Gasteiger partial charge in [-0.1, -0.05) is 11.6 Å². The standard InChI is InChI=1S/C16H11Cl2N5O/c1-8-6-10(4-3-5-19)7-11(17)13(8)24-15-12-9(2)22-23-14(12)20-16(18)21-15/h3-4,6-7H,1-2H3,(H,20,21,22,23)/b4-3+. The number of rotatable bonds is 3. The number of allylic oxidation sites excluding steroid dienone is 1. The van der Waals surface area contributed by atoms with E-state index in [9.17, 15) is 0 Å². The molecule has 2 aromatic heterocycles. The van der Waals surface area contributed by atoms with Gasteiger partial charge in [0.2, 0.25) is 11.2 Å². The van der Waals surface area contributed by atoms with E-state index in [0.717, 1.165) is 16.8 Å². The van der Waals surface area contributed by atoms with Crippen LogP contribution in [0.25, 0.3) is 17.1 Å². The number of H-pyrrole nitrogens is 1. The molecule has 0 saturated carbocycles. The quantitative estimate of drug-likeness (QED) is 0.545. The monoisotopic (exact) mass is 359 g/mol. The van der Waals surface area contributed by atoms with Crippen LogP contribution in [0.15, 0.2) is 18.2 Å². The fraction of sp³-hybridized carbons (Fsp3) is 0.125. The van der Waals surface area contributed by atoms with Crippen LogP contribution in [-0.4, -0.2) is 20.2 Å². The van der Waals surface area contributed by atoms with Gasteiger partial charge in [-0.25, -0.2) is 0 Å². The summed E-state index contributed by atoms with van der Waals surface area (Å²) in [6, 6.07) is 5.51. The van der Waals surface area contributed by atoms with Crippen molar-refractivity contribution in [2.45, 2.75) is 13.8 Å². The van der Waals surface area contributed by atoms with Crippen LogP contribution in [0.3, 0.4) is 0 Å². The highest BCUT2D eigenvalue weighted by atomic mass is 35.5. The van der Waals surface area contributed by atoms with Gasteiger partial charge in [0.05, 0.1) is 11.1 Å². The largest absolute Gasteiger partial charge is 0.436 e. The predicted molar refractivity (Wildman–Crippen MR) is 92.3 cm³/mol. The van der Waals surface area contributed by atoms with Gasteiger partial charge in [-0.05, 0) is 54.8 Å². The van der Waals surface area contributed by atoms with Crippen molar-refractivity contribution in [1.82, 2.24) is 20.2 Å². The molecule has 0 saturated heterocycles. The Balaban J connectivity index is 2.08. The topological polar surface area (TPSA) is 87.5 Å². The molecule has 0 atom stereocenters. The molecule has 6 nitrogen and oxygen atoms in total. The predicted octanol–water partition coefficient (Wildman–Crippen LogP) is 4.61. The van der Waals surface area contributed by atoms with Crippen LogP contribution in [0.5, 0.6) is 11.6 Å². The van der Waals surface area contributed by atoms with Crippen LogP contribution < -0.4 is 4.74 Å². The molecule has 0 aliphatic heterocycles. The van der Waals surface area contributed by atoms with E-state index in [2.05, 4.69) is 20.2 Å². The molecule has 0 aliphatic carbocycles. The Morgan fingerprint density at radius 1 is 1.25 bits per heavy atom. The molecule has 1 aromatic carbocycles. The number of aromatic nitrogens is 4. The maximum Gasteiger partial charge on any atom is 0.235 e. The molecule has 0 aliphatic rings. The lowest BCUT2D eigenvalue weighted by molar-refractivity contribution is 0.465. The summed E-state index contributed by atoms with van der Waals surface area (Å²) in [7, 11) is 0. The molecule has 0 bridgehead atoms. The van der Waals surface area contributed by atoms with Crippen LogP contribution >= 0.6 is 23.2 Å². The number of ether oxygens (including phenoxy) is 1. The van der Waals surface area contributed by atoms with Crippen LogP contribution in [0.2, 0.25) is 10.3 Å². The average Bonchev–Trinajstić information content (AvgIpc) is 2.89. The normalized spacial score (nSPS) is 11.1. The zero-order chi connectivity index (χ0) is 17.3. The van der Waals surface area contributed by atoms with E-state index in [1.807, 2.05) is 26.0 Å². The third kappa shape index (κ3) is 3.04. The minimum absolute atomic E-state index is 0.0337. The first-order valence-electron chi connectivity index (χ1n) is 6.92. The lowest BCUT2D eigenvalue weighted by atomic mass is 10.1. The van der Waals surface area contributed by atoms with Gasteiger partial charge in [-0.2, -0.15) is 20.3 Å². The van der Waals surface area contributed by atoms with E-state index < -0.39 is 0 Å². The maximum absolute atomic E-state index is 8.62. The lowest BCUT2D eigenvalue weighted by Gasteiger charge is -2.12. The number of aromatic amines is 1. The Labute approximate surface area is 147 Å². The van der Waals surface area contributed by atoms with E-state index in [4.69, 9.17) is 33.2 Å². The fourth-order valence-electron chi connectivity index (χ4n) is 2.29. The summed E-state index contributed by atoms with van der Waals surface area (Å²) in [4.78, 5) is 8.19. The zero-order valence-electron chi connectivity index (χ0n) is 12.8. The molecule has 0 amide bonds. The summed E-state index contributed by atoms with van der Waals surface area (Å²) in [6.45, 7) is 3.69. The number of fused-ring (bicyclic) bond motifs is 1. The molecule has 120 valence electrons. The first-order chi connectivity index (χ1) is 11.5. The summed E-state index contributed by atoms with van der Waals surface area (Å²) < 4.78 is 5.92. The Kier molecular flexibility index (Phi) is 4.38. The highest BCUT2D eigenvalue weighted by Gasteiger charge is 2.17. The molecule has 3 rings (SSSR count). The minimum atomic E-state index is 0.0337. The van der Waals surface area contributed by atoms with E-state index in [0.29, 0.717) is 21.8 Å². The number of halogens is 2. The summed E-state index contributed by atoms with van der Waals surface area (Å²) in [5.41, 5.74) is 2.78. The molecular weight excluding hydrogens is 349 g/mol. The molecule has 8 heteroatoms. The summed E-state index contributed by atoms with van der Waals surface area (Å²) in [6.07, 6.45) is 3.05. The van der Waals surface area contributed by atoms with Gasteiger partial charge in [0, 0.05) is 11.8 Å². The van der Waals surface area contributed by atoms with Crippen LogP contribution in [0, 0.1) is 25.2 Å². The number of hydrogen-bond donors (Lipinski definition) is 1. The van der Waals surface area contributed by atoms with Crippen molar-refractivity contribution in [3.05, 3.63) is 45.3 Å². The summed E-state index contributed by atoms with van der Waals surface area (Å²) in [5, 5.41) is 16.6. The van der Waals surface area contributed by atoms with Crippen molar-refractivity contribution in [3.8, 4) is 17.7 Å². The molecule has 0 radical (unpaired) electrons. The third-order valence-corrected chi connectivity index (χ3v) is 3.78. The van der Waals surface area contributed by atoms with E-state index in [1.165, 1.54) is 6.08 Å². The molecule has 0 unspecified atom stereocenters. The SMILES string of the molecule is Cc1cc(/C=C/C#N)cc(Cl)c1Oc1nc(Cl)nc2n[nH]c(C)c12. The second-order valence-electron chi connectivity index (χ2n) is 5.06. The molecular formula is C16H11Cl2N5O. The minimum Gasteiger partial charge on any atom is -0.436 e. The molecule has 3 aromatic rings. The van der Waals surface area contributed by atoms with Crippen molar-refractivity contribution >= 4 is 40.3 Å². The van der Waals surface area contributed by atoms with Crippen molar-refractivity contribution < 1.29 is 4.74 Å². The van der Waals surface area contributed by atoms with Gasteiger partial charge in [0.1, 0.15) is 5.39 Å². The first-order valence-corrected chi connectivity index (χ1v) is 7.67. The van der Waals surface area contributed by atoms with Gasteiger partial charge in [0.25, 0.3) is 0 Å². The second kappa shape index (κ2) is 6.48. The highest BCUT2D eigenvalue weighted by molar-refractivity contribution is 6.32. The van der Waals surface area contributed by atoms with Gasteiger partial charge >= 0.3 is 0 Å². The van der Waals surface area contributed by atoms with Gasteiger partial charge in [-0.15, -0.1) is 0 Å². The average molecular weight is 360 g/mol. The maximum atomic E-state index is 8.62. The van der Waals surface area contributed by atoms with Crippen LogP contribution in [-0.2, 0) is 0 Å². The second-order valence-corrected chi connectivity index (χ2v) is 5.80. The summed E-state index contributed by atoms with van der Waals surface area (Å²) in [5.74, 6) is 0.740. The number of aryl methyl sites for hydroxylation is 2. The molecule has 0 spiro atoms. The zero-order valence-corrected chi connectivity index (χ0v) is 14.3. The van der Waals surface area contributed by atoms with Crippen LogP contribution in [0.4, 0.5) is 0 Å². The third-order valence-electron chi connectivity index (χ3n) is 3.33. The fourth-order valence-corrected chi connectivity index (χ4v) is 2.76. The van der Waals surface area contributed by atoms with E-state index in [1.54, 1.807) is 12.1 Å². The van der Waals surface area contributed by atoms with E-state index in [-0.39, 0.29) is 11.2 Å². The van der Waals surface area contributed by atoms with Crippen molar-refractivity contribution in [1.29, 1.82) is 5.26 Å². The number of nitrogens with one attached hydrogen (secondary N) is 1.